The summed E-state index contributed by atoms with van der Waals surface area (Å²) in [4.78, 5) is 20.4. The maximum Gasteiger partial charge on any atom is 0.262 e. The Hall–Kier alpha value is -2.55. The van der Waals surface area contributed by atoms with E-state index in [2.05, 4.69) is 4.90 Å². The van der Waals surface area contributed by atoms with Crippen LogP contribution in [0.2, 0.25) is 0 Å². The Balaban J connectivity index is 1.41. The zero-order chi connectivity index (χ0) is 22.2. The molecule has 0 aliphatic carbocycles. The molecule has 1 fully saturated rings. The Labute approximate surface area is 192 Å². The maximum atomic E-state index is 13.2. The van der Waals surface area contributed by atoms with Crippen LogP contribution in [0.5, 0.6) is 11.5 Å². The molecule has 0 spiro atoms. The first-order valence-corrected chi connectivity index (χ1v) is 11.9. The number of ether oxygens (including phenoxy) is 3. The Morgan fingerprint density at radius 1 is 1.03 bits per heavy atom. The minimum atomic E-state index is 0.0242. The molecule has 0 amide bonds. The molecule has 1 aromatic heterocycles. The Morgan fingerprint density at radius 2 is 1.78 bits per heavy atom. The van der Waals surface area contributed by atoms with Crippen molar-refractivity contribution in [3.63, 3.8) is 0 Å². The lowest BCUT2D eigenvalue weighted by Crippen LogP contribution is -2.37. The van der Waals surface area contributed by atoms with Crippen LogP contribution >= 0.6 is 11.8 Å². The monoisotopic (exact) mass is 455 g/mol. The molecule has 4 rings (SSSR count). The predicted octanol–water partition coefficient (Wildman–Crippen LogP) is 3.30. The summed E-state index contributed by atoms with van der Waals surface area (Å²) in [5.74, 6) is 2.29. The quantitative estimate of drug-likeness (QED) is 0.264. The molecule has 2 aromatic carbocycles. The van der Waals surface area contributed by atoms with Crippen LogP contribution in [0.15, 0.2) is 58.5 Å². The molecule has 1 saturated heterocycles. The molecule has 2 heterocycles. The normalized spacial score (nSPS) is 14.5. The van der Waals surface area contributed by atoms with Crippen LogP contribution in [0.3, 0.4) is 0 Å². The number of methoxy groups -OCH3 is 1. The van der Waals surface area contributed by atoms with Gasteiger partial charge in [0, 0.05) is 31.9 Å². The lowest BCUT2D eigenvalue weighted by molar-refractivity contribution is 0.0368. The highest BCUT2D eigenvalue weighted by atomic mass is 32.2. The summed E-state index contributed by atoms with van der Waals surface area (Å²) < 4.78 is 18.2. The van der Waals surface area contributed by atoms with Gasteiger partial charge in [-0.25, -0.2) is 4.98 Å². The van der Waals surface area contributed by atoms with E-state index < -0.39 is 0 Å². The van der Waals surface area contributed by atoms with Gasteiger partial charge in [0.1, 0.15) is 11.5 Å². The van der Waals surface area contributed by atoms with E-state index in [1.54, 1.807) is 18.9 Å². The maximum absolute atomic E-state index is 13.2. The largest absolute Gasteiger partial charge is 0.497 e. The third-order valence-corrected chi connectivity index (χ3v) is 6.37. The number of nitrogens with zero attached hydrogens (tertiary/aromatic N) is 3. The van der Waals surface area contributed by atoms with Gasteiger partial charge < -0.3 is 14.2 Å². The topological polar surface area (TPSA) is 65.8 Å². The highest BCUT2D eigenvalue weighted by molar-refractivity contribution is 7.99. The first-order valence-electron chi connectivity index (χ1n) is 10.9. The summed E-state index contributed by atoms with van der Waals surface area (Å²) in [7, 11) is 1.64. The van der Waals surface area contributed by atoms with Gasteiger partial charge in [0.15, 0.2) is 5.16 Å². The van der Waals surface area contributed by atoms with Gasteiger partial charge in [0.2, 0.25) is 0 Å². The predicted molar refractivity (Wildman–Crippen MR) is 127 cm³/mol. The lowest BCUT2D eigenvalue weighted by atomic mass is 10.2. The van der Waals surface area contributed by atoms with Crippen molar-refractivity contribution in [3.05, 3.63) is 58.9 Å². The standard InChI is InChI=1S/C24H29N3O4S/c1-29-19-7-9-20(10-8-19)31-17-18-32-24-25-22-6-3-2-5-21(22)23(28)27(24)12-4-11-26-13-15-30-16-14-26/h2-3,5-10H,4,11-18H2,1H3. The van der Waals surface area contributed by atoms with Crippen molar-refractivity contribution in [3.8, 4) is 11.5 Å². The number of hydrogen-bond acceptors (Lipinski definition) is 7. The molecule has 3 aromatic rings. The van der Waals surface area contributed by atoms with E-state index in [9.17, 15) is 4.79 Å². The average Bonchev–Trinajstić information content (AvgIpc) is 2.84. The molecule has 0 radical (unpaired) electrons. The summed E-state index contributed by atoms with van der Waals surface area (Å²) >= 11 is 1.56. The van der Waals surface area contributed by atoms with E-state index in [4.69, 9.17) is 19.2 Å². The van der Waals surface area contributed by atoms with Crippen LogP contribution in [0.4, 0.5) is 0 Å². The number of aromatic nitrogens is 2. The van der Waals surface area contributed by atoms with Crippen molar-refractivity contribution in [1.29, 1.82) is 0 Å². The van der Waals surface area contributed by atoms with Crippen LogP contribution in [-0.2, 0) is 11.3 Å². The molecule has 0 N–H and O–H groups in total. The molecule has 0 bridgehead atoms. The van der Waals surface area contributed by atoms with Gasteiger partial charge in [-0.3, -0.25) is 14.3 Å². The smallest absolute Gasteiger partial charge is 0.262 e. The lowest BCUT2D eigenvalue weighted by Gasteiger charge is -2.26. The summed E-state index contributed by atoms with van der Waals surface area (Å²) in [6.07, 6.45) is 0.899. The van der Waals surface area contributed by atoms with Crippen molar-refractivity contribution in [2.24, 2.45) is 0 Å². The van der Waals surface area contributed by atoms with Gasteiger partial charge in [-0.1, -0.05) is 23.9 Å². The second-order valence-corrected chi connectivity index (χ2v) is 8.61. The molecular formula is C24H29N3O4S. The fourth-order valence-corrected chi connectivity index (χ4v) is 4.54. The van der Waals surface area contributed by atoms with Crippen molar-refractivity contribution in [2.45, 2.75) is 18.1 Å². The van der Waals surface area contributed by atoms with Crippen LogP contribution in [0, 0.1) is 0 Å². The van der Waals surface area contributed by atoms with E-state index >= 15 is 0 Å². The summed E-state index contributed by atoms with van der Waals surface area (Å²) in [5.41, 5.74) is 0.761. The molecule has 7 nitrogen and oxygen atoms in total. The van der Waals surface area contributed by atoms with Crippen molar-refractivity contribution in [2.75, 3.05) is 52.3 Å². The van der Waals surface area contributed by atoms with E-state index in [0.717, 1.165) is 61.4 Å². The fourth-order valence-electron chi connectivity index (χ4n) is 3.70. The van der Waals surface area contributed by atoms with E-state index in [1.807, 2.05) is 53.1 Å². The van der Waals surface area contributed by atoms with Crippen LogP contribution in [0.1, 0.15) is 6.42 Å². The highest BCUT2D eigenvalue weighted by Gasteiger charge is 2.14. The van der Waals surface area contributed by atoms with Gasteiger partial charge in [0.25, 0.3) is 5.56 Å². The van der Waals surface area contributed by atoms with Crippen molar-refractivity contribution < 1.29 is 14.2 Å². The van der Waals surface area contributed by atoms with E-state index in [0.29, 0.717) is 24.3 Å². The van der Waals surface area contributed by atoms with Crippen molar-refractivity contribution >= 4 is 22.7 Å². The van der Waals surface area contributed by atoms with Crippen molar-refractivity contribution in [1.82, 2.24) is 14.5 Å². The first kappa shape index (κ1) is 22.6. The summed E-state index contributed by atoms with van der Waals surface area (Å²) in [6.45, 7) is 5.60. The second-order valence-electron chi connectivity index (χ2n) is 7.55. The number of para-hydroxylation sites is 1. The SMILES string of the molecule is COc1ccc(OCCSc2nc3ccccc3c(=O)n2CCCN2CCOCC2)cc1. The molecule has 0 atom stereocenters. The average molecular weight is 456 g/mol. The second kappa shape index (κ2) is 11.4. The molecule has 170 valence electrons. The Bertz CT molecular complexity index is 1070. The number of rotatable bonds is 10. The summed E-state index contributed by atoms with van der Waals surface area (Å²) in [5, 5.41) is 1.41. The molecule has 1 aliphatic rings. The molecule has 1 aliphatic heterocycles. The molecule has 0 saturated carbocycles. The number of hydrogen-bond donors (Lipinski definition) is 0. The zero-order valence-corrected chi connectivity index (χ0v) is 19.2. The van der Waals surface area contributed by atoms with Crippen LogP contribution < -0.4 is 15.0 Å². The Morgan fingerprint density at radius 3 is 2.56 bits per heavy atom. The third-order valence-electron chi connectivity index (χ3n) is 5.43. The summed E-state index contributed by atoms with van der Waals surface area (Å²) in [6, 6.07) is 15.1. The first-order chi connectivity index (χ1) is 15.7. The number of benzene rings is 2. The van der Waals surface area contributed by atoms with Gasteiger partial charge in [0.05, 0.1) is 37.8 Å². The van der Waals surface area contributed by atoms with E-state index in [-0.39, 0.29) is 5.56 Å². The molecular weight excluding hydrogens is 426 g/mol. The number of morpholine rings is 1. The van der Waals surface area contributed by atoms with Gasteiger partial charge in [-0.2, -0.15) is 0 Å². The van der Waals surface area contributed by atoms with Crippen LogP contribution in [0.25, 0.3) is 10.9 Å². The minimum absolute atomic E-state index is 0.0242. The molecule has 8 heteroatoms. The van der Waals surface area contributed by atoms with Gasteiger partial charge in [-0.15, -0.1) is 0 Å². The van der Waals surface area contributed by atoms with Gasteiger partial charge in [-0.05, 0) is 42.8 Å². The highest BCUT2D eigenvalue weighted by Crippen LogP contribution is 2.20. The fraction of sp³-hybridized carbons (Fsp3) is 0.417. The molecule has 32 heavy (non-hydrogen) atoms. The minimum Gasteiger partial charge on any atom is -0.497 e. The zero-order valence-electron chi connectivity index (χ0n) is 18.4. The van der Waals surface area contributed by atoms with E-state index in [1.165, 1.54) is 0 Å². The van der Waals surface area contributed by atoms with Crippen LogP contribution in [-0.4, -0.2) is 66.8 Å². The number of thioether (sulfide) groups is 1. The molecule has 0 unspecified atom stereocenters. The third kappa shape index (κ3) is 5.82. The van der Waals surface area contributed by atoms with Gasteiger partial charge >= 0.3 is 0 Å². The number of fused-ring (bicyclic) bond motifs is 1. The Kier molecular flexibility index (Phi) is 8.03.